The molecular weight excluding hydrogens is 217 g/mol. The van der Waals surface area contributed by atoms with Crippen LogP contribution in [0.4, 0.5) is 0 Å². The van der Waals surface area contributed by atoms with Crippen LogP contribution in [0.15, 0.2) is 0 Å². The van der Waals surface area contributed by atoms with E-state index in [1.807, 2.05) is 0 Å². The first-order chi connectivity index (χ1) is 0. The first kappa shape index (κ1) is 471. The summed E-state index contributed by atoms with van der Waals surface area (Å²) in [6.45, 7) is 0. The van der Waals surface area contributed by atoms with Gasteiger partial charge in [-0.3, -0.25) is 9.90 Å². The van der Waals surface area contributed by atoms with Crippen molar-refractivity contribution < 1.29 is 47.8 Å². The fraction of sp³-hybridized carbons (Fsp3) is 0. The maximum absolute atomic E-state index is 0. The Hall–Kier alpha value is 0.892. The standard InChI is InChI=1S/5H2O.H6P.Pd/h5*1H2;1H6;/q;;;;;+3;+2/p-5. The van der Waals surface area contributed by atoms with Crippen LogP contribution in [0.5, 0.6) is 0 Å². The van der Waals surface area contributed by atoms with Crippen molar-refractivity contribution in [2.75, 3.05) is 0 Å². The molecular formula is H11O5PPd. The van der Waals surface area contributed by atoms with Crippen molar-refractivity contribution in [3.63, 3.8) is 0 Å². The molecule has 0 radical (unpaired) electrons. The summed E-state index contributed by atoms with van der Waals surface area (Å²) >= 11 is 0. The Morgan fingerprint density at radius 2 is 0.429 bits per heavy atom. The smallest absolute Gasteiger partial charge is 0.870 e. The molecule has 0 fully saturated rings. The van der Waals surface area contributed by atoms with Crippen molar-refractivity contribution in [3.05, 3.63) is 0 Å². The minimum Gasteiger partial charge on any atom is -0.870 e. The Morgan fingerprint density at radius 3 is 0.429 bits per heavy atom. The second kappa shape index (κ2) is 301. The fourth-order valence-corrected chi connectivity index (χ4v) is 0. The molecule has 0 atom stereocenters. The second-order valence-electron chi connectivity index (χ2n) is 0. The largest absolute Gasteiger partial charge is 2.00 e. The zero-order chi connectivity index (χ0) is 0. The van der Waals surface area contributed by atoms with Crippen LogP contribution in [0.25, 0.3) is 0 Å². The third kappa shape index (κ3) is 207. The zero-order valence-corrected chi connectivity index (χ0v) is 4.11. The fourth-order valence-electron chi connectivity index (χ4n) is 0. The van der Waals surface area contributed by atoms with E-state index in [-0.39, 0.29) is 57.7 Å². The van der Waals surface area contributed by atoms with E-state index in [1.54, 1.807) is 0 Å². The first-order valence-electron chi connectivity index (χ1n) is 0. The summed E-state index contributed by atoms with van der Waals surface area (Å²) < 4.78 is 0. The van der Waals surface area contributed by atoms with Gasteiger partial charge in [0.2, 0.25) is 0 Å². The van der Waals surface area contributed by atoms with E-state index in [9.17, 15) is 0 Å². The van der Waals surface area contributed by atoms with Gasteiger partial charge in [-0.25, -0.2) is 0 Å². The molecule has 7 heavy (non-hydrogen) atoms. The minimum atomic E-state index is 0. The predicted molar refractivity (Wildman–Crippen MR) is 25.0 cm³/mol. The number of rotatable bonds is 0. The SMILES string of the molecule is [OH-].[OH-].[OH-].[OH-].[OH-].[PH6+3].[Pd+2]. The van der Waals surface area contributed by atoms with Crippen LogP contribution in [0.2, 0.25) is 0 Å². The van der Waals surface area contributed by atoms with Crippen LogP contribution in [0.3, 0.4) is 0 Å². The minimum absolute atomic E-state index is 0. The van der Waals surface area contributed by atoms with E-state index in [2.05, 4.69) is 0 Å². The van der Waals surface area contributed by atoms with Crippen LogP contribution in [0, 0.1) is 0 Å². The molecule has 7 heteroatoms. The molecule has 5 N–H and O–H groups in total. The third-order valence-electron chi connectivity index (χ3n) is 0. The maximum atomic E-state index is 0. The van der Waals surface area contributed by atoms with E-state index in [0.717, 1.165) is 0 Å². The third-order valence-corrected chi connectivity index (χ3v) is 0. The molecule has 0 aromatic carbocycles. The van der Waals surface area contributed by atoms with Crippen molar-refractivity contribution in [2.45, 2.75) is 0 Å². The molecule has 0 aromatic heterocycles. The first-order valence-corrected chi connectivity index (χ1v) is 0. The molecule has 0 saturated heterocycles. The van der Waals surface area contributed by atoms with Gasteiger partial charge in [0, 0.05) is 0 Å². The maximum Gasteiger partial charge on any atom is 2.00 e. The Labute approximate surface area is 58.3 Å². The van der Waals surface area contributed by atoms with Crippen LogP contribution in [-0.4, -0.2) is 27.4 Å². The molecule has 0 aromatic rings. The summed E-state index contributed by atoms with van der Waals surface area (Å²) in [5, 5.41) is 0. The molecule has 0 bridgehead atoms. The zero-order valence-electron chi connectivity index (χ0n) is 2.55. The Balaban J connectivity index is 0. The van der Waals surface area contributed by atoms with Crippen molar-refractivity contribution in [1.29, 1.82) is 0 Å². The number of hydrogen-bond donors (Lipinski definition) is 0. The molecule has 0 aliphatic carbocycles. The van der Waals surface area contributed by atoms with Crippen LogP contribution < -0.4 is 0 Å². The molecule has 5 nitrogen and oxygen atoms in total. The predicted octanol–water partition coefficient (Wildman–Crippen LogP) is -1.63. The van der Waals surface area contributed by atoms with Gasteiger partial charge < -0.3 is 27.4 Å². The van der Waals surface area contributed by atoms with E-state index >= 15 is 0 Å². The van der Waals surface area contributed by atoms with Crippen LogP contribution in [0.1, 0.15) is 0 Å². The Morgan fingerprint density at radius 1 is 0.429 bits per heavy atom. The van der Waals surface area contributed by atoms with E-state index in [1.165, 1.54) is 0 Å². The summed E-state index contributed by atoms with van der Waals surface area (Å²) in [7, 11) is 0. The van der Waals surface area contributed by atoms with Crippen molar-refractivity contribution in [2.24, 2.45) is 0 Å². The van der Waals surface area contributed by atoms with E-state index in [4.69, 9.17) is 0 Å². The summed E-state index contributed by atoms with van der Waals surface area (Å²) in [6.07, 6.45) is 0. The summed E-state index contributed by atoms with van der Waals surface area (Å²) in [5.74, 6) is 0. The van der Waals surface area contributed by atoms with Gasteiger partial charge in [0.05, 0.1) is 0 Å². The Kier molecular flexibility index (Phi) is 20200. The number of hydrogen-bond acceptors (Lipinski definition) is 5. The van der Waals surface area contributed by atoms with E-state index < -0.39 is 0 Å². The van der Waals surface area contributed by atoms with Gasteiger partial charge >= 0.3 is 20.4 Å². The second-order valence-corrected chi connectivity index (χ2v) is 0. The molecule has 56 valence electrons. The van der Waals surface area contributed by atoms with Crippen molar-refractivity contribution >= 4 is 9.90 Å². The molecule has 0 heterocycles. The molecule has 0 saturated carbocycles. The molecule has 0 amide bonds. The Bertz CT molecular complexity index is 8.04. The summed E-state index contributed by atoms with van der Waals surface area (Å²) in [6, 6.07) is 0. The van der Waals surface area contributed by atoms with Crippen molar-refractivity contribution in [3.8, 4) is 0 Å². The van der Waals surface area contributed by atoms with Crippen LogP contribution >= 0.6 is 9.90 Å². The monoisotopic (exact) mass is 228 g/mol. The van der Waals surface area contributed by atoms with Gasteiger partial charge in [-0.1, -0.05) is 0 Å². The van der Waals surface area contributed by atoms with E-state index in [0.29, 0.717) is 0 Å². The normalized spacial score (nSPS) is 0. The molecule has 0 unspecified atom stereocenters. The van der Waals surface area contributed by atoms with Crippen molar-refractivity contribution in [1.82, 2.24) is 0 Å². The van der Waals surface area contributed by atoms with Gasteiger partial charge in [-0.2, -0.15) is 0 Å². The summed E-state index contributed by atoms with van der Waals surface area (Å²) in [4.78, 5) is 0. The average Bonchev–Trinajstić information content (AvgIpc) is 0. The van der Waals surface area contributed by atoms with Crippen LogP contribution in [-0.2, 0) is 20.4 Å². The van der Waals surface area contributed by atoms with Gasteiger partial charge in [-0.05, 0) is 0 Å². The molecule has 0 aliphatic rings. The summed E-state index contributed by atoms with van der Waals surface area (Å²) in [5.41, 5.74) is 0. The molecule has 0 rings (SSSR count). The van der Waals surface area contributed by atoms with Gasteiger partial charge in [0.15, 0.2) is 0 Å². The molecule has 0 spiro atoms. The van der Waals surface area contributed by atoms with Gasteiger partial charge in [0.25, 0.3) is 0 Å². The van der Waals surface area contributed by atoms with Gasteiger partial charge in [0.1, 0.15) is 0 Å². The topological polar surface area (TPSA) is 150 Å². The average molecular weight is 228 g/mol. The quantitative estimate of drug-likeness (QED) is 0.360. The molecule has 0 aliphatic heterocycles. The van der Waals surface area contributed by atoms with Gasteiger partial charge in [-0.15, -0.1) is 0 Å².